The van der Waals surface area contributed by atoms with Gasteiger partial charge in [0.25, 0.3) is 0 Å². The van der Waals surface area contributed by atoms with Crippen LogP contribution in [0, 0.1) is 36.5 Å². The summed E-state index contributed by atoms with van der Waals surface area (Å²) in [6.45, 7) is 4.89. The number of carbonyl (C=O) groups excluding carboxylic acids is 5. The molecule has 0 saturated heterocycles. The molecule has 3 aliphatic carbocycles. The lowest BCUT2D eigenvalue weighted by Gasteiger charge is -2.44. The number of rotatable bonds is 2. The number of phenols is 1. The Balaban J connectivity index is 1.79. The smallest absolute Gasteiger partial charge is 0.177 e. The van der Waals surface area contributed by atoms with E-state index in [1.807, 2.05) is 13.0 Å². The van der Waals surface area contributed by atoms with E-state index in [0.717, 1.165) is 11.1 Å². The number of benzene rings is 1. The lowest BCUT2D eigenvalue weighted by molar-refractivity contribution is -0.152. The van der Waals surface area contributed by atoms with Crippen molar-refractivity contribution in [3.05, 3.63) is 28.3 Å². The van der Waals surface area contributed by atoms with Crippen LogP contribution in [0.15, 0.2) is 6.07 Å². The molecule has 29 heavy (non-hydrogen) atoms. The summed E-state index contributed by atoms with van der Waals surface area (Å²) in [5, 5.41) is 10.6. The number of hydrogen-bond acceptors (Lipinski definition) is 6. The molecular weight excluding hydrogens is 372 g/mol. The molecule has 0 bridgehead atoms. The Labute approximate surface area is 168 Å². The van der Waals surface area contributed by atoms with Gasteiger partial charge in [0.15, 0.2) is 23.1 Å². The molecule has 6 nitrogen and oxygen atoms in total. The predicted octanol–water partition coefficient (Wildman–Crippen LogP) is 2.19. The Morgan fingerprint density at radius 3 is 2.34 bits per heavy atom. The highest BCUT2D eigenvalue weighted by Gasteiger charge is 2.57. The van der Waals surface area contributed by atoms with Crippen LogP contribution in [0.2, 0.25) is 0 Å². The summed E-state index contributed by atoms with van der Waals surface area (Å²) >= 11 is 0. The lowest BCUT2D eigenvalue weighted by atomic mass is 9.55. The molecule has 0 amide bonds. The second-order valence-electron chi connectivity index (χ2n) is 8.71. The lowest BCUT2D eigenvalue weighted by Crippen LogP contribution is -2.55. The molecule has 5 unspecified atom stereocenters. The highest BCUT2D eigenvalue weighted by atomic mass is 16.3. The molecule has 0 radical (unpaired) electrons. The predicted molar refractivity (Wildman–Crippen MR) is 103 cm³/mol. The van der Waals surface area contributed by atoms with Crippen molar-refractivity contribution in [1.29, 1.82) is 0 Å². The fourth-order valence-corrected chi connectivity index (χ4v) is 5.73. The van der Waals surface area contributed by atoms with Crippen molar-refractivity contribution >= 4 is 28.9 Å². The van der Waals surface area contributed by atoms with Gasteiger partial charge in [0.1, 0.15) is 17.5 Å². The van der Waals surface area contributed by atoms with E-state index in [0.29, 0.717) is 24.8 Å². The minimum atomic E-state index is -1.38. The van der Waals surface area contributed by atoms with Gasteiger partial charge in [0, 0.05) is 6.42 Å². The first kappa shape index (κ1) is 19.7. The van der Waals surface area contributed by atoms with Gasteiger partial charge in [-0.25, -0.2) is 0 Å². The van der Waals surface area contributed by atoms with Gasteiger partial charge in [-0.3, -0.25) is 24.0 Å². The number of Topliss-reactive ketones (excluding diaryl/α,β-unsaturated/α-hetero) is 5. The van der Waals surface area contributed by atoms with Crippen molar-refractivity contribution in [3.8, 4) is 5.75 Å². The van der Waals surface area contributed by atoms with Gasteiger partial charge in [-0.05, 0) is 61.6 Å². The van der Waals surface area contributed by atoms with Crippen LogP contribution in [0.25, 0.3) is 0 Å². The van der Waals surface area contributed by atoms with E-state index in [4.69, 9.17) is 0 Å². The van der Waals surface area contributed by atoms with Gasteiger partial charge in [0.2, 0.25) is 0 Å². The summed E-state index contributed by atoms with van der Waals surface area (Å²) in [6.07, 6.45) is 1.62. The molecule has 2 fully saturated rings. The fourth-order valence-electron chi connectivity index (χ4n) is 5.73. The number of carbonyl (C=O) groups is 5. The van der Waals surface area contributed by atoms with E-state index >= 15 is 0 Å². The monoisotopic (exact) mass is 396 g/mol. The molecule has 1 aromatic carbocycles. The van der Waals surface area contributed by atoms with Gasteiger partial charge in [0.05, 0.1) is 17.4 Å². The summed E-state index contributed by atoms with van der Waals surface area (Å²) in [6, 6.07) is 1.88. The second-order valence-corrected chi connectivity index (χ2v) is 8.71. The maximum absolute atomic E-state index is 13.3. The van der Waals surface area contributed by atoms with Crippen LogP contribution in [0.5, 0.6) is 5.75 Å². The third kappa shape index (κ3) is 2.72. The molecule has 0 heterocycles. The number of phenolic OH excluding ortho intramolecular Hbond substituents is 1. The summed E-state index contributed by atoms with van der Waals surface area (Å²) in [5.74, 6) is -6.81. The topological polar surface area (TPSA) is 106 Å². The van der Waals surface area contributed by atoms with Crippen LogP contribution in [0.3, 0.4) is 0 Å². The van der Waals surface area contributed by atoms with Crippen LogP contribution in [-0.2, 0) is 32.0 Å². The molecule has 5 atom stereocenters. The minimum Gasteiger partial charge on any atom is -0.507 e. The zero-order chi connectivity index (χ0) is 21.2. The van der Waals surface area contributed by atoms with E-state index in [9.17, 15) is 29.1 Å². The van der Waals surface area contributed by atoms with Crippen LogP contribution in [-0.4, -0.2) is 34.0 Å². The number of fused-ring (bicyclic) bond motifs is 3. The van der Waals surface area contributed by atoms with E-state index in [1.54, 1.807) is 6.92 Å². The van der Waals surface area contributed by atoms with Gasteiger partial charge < -0.3 is 5.11 Å². The van der Waals surface area contributed by atoms with Crippen LogP contribution < -0.4 is 0 Å². The van der Waals surface area contributed by atoms with Crippen molar-refractivity contribution in [2.24, 2.45) is 29.6 Å². The number of aromatic hydroxyl groups is 1. The van der Waals surface area contributed by atoms with E-state index < -0.39 is 52.6 Å². The Bertz CT molecular complexity index is 988. The van der Waals surface area contributed by atoms with Gasteiger partial charge in [-0.1, -0.05) is 13.0 Å². The molecule has 0 spiro atoms. The largest absolute Gasteiger partial charge is 0.507 e. The Morgan fingerprint density at radius 1 is 1.07 bits per heavy atom. The molecule has 2 saturated carbocycles. The SMILES string of the molecule is CCc1cc(C)c(O)c2c1CC1CC3CC(=O)C(C(C)=O)C(=O)C3C(=O)C1C2=O. The average Bonchev–Trinajstić information content (AvgIpc) is 2.63. The highest BCUT2D eigenvalue weighted by Crippen LogP contribution is 2.49. The summed E-state index contributed by atoms with van der Waals surface area (Å²) in [7, 11) is 0. The van der Waals surface area contributed by atoms with Crippen LogP contribution in [0.1, 0.15) is 53.7 Å². The van der Waals surface area contributed by atoms with Crippen molar-refractivity contribution in [1.82, 2.24) is 0 Å². The minimum absolute atomic E-state index is 0.0242. The number of hydrogen-bond donors (Lipinski definition) is 1. The van der Waals surface area contributed by atoms with Crippen molar-refractivity contribution in [2.45, 2.75) is 46.5 Å². The Morgan fingerprint density at radius 2 is 1.72 bits per heavy atom. The molecule has 6 heteroatoms. The van der Waals surface area contributed by atoms with Gasteiger partial charge >= 0.3 is 0 Å². The second kappa shape index (κ2) is 6.71. The van der Waals surface area contributed by atoms with Gasteiger partial charge in [-0.15, -0.1) is 0 Å². The standard InChI is InChI=1S/C23H24O6/c1-4-11-5-9(2)20(26)19-14(11)7-12-6-13-8-15(25)16(10(3)24)21(27)18(13)22(28)17(12)23(19)29/h5,12-13,16-18,26H,4,6-8H2,1-3H3. The maximum atomic E-state index is 13.3. The summed E-state index contributed by atoms with van der Waals surface area (Å²) in [4.78, 5) is 63.7. The molecule has 152 valence electrons. The van der Waals surface area contributed by atoms with Crippen LogP contribution >= 0.6 is 0 Å². The first-order valence-electron chi connectivity index (χ1n) is 10.2. The molecular formula is C23H24O6. The Hall–Kier alpha value is -2.63. The molecule has 0 aliphatic heterocycles. The van der Waals surface area contributed by atoms with Crippen molar-refractivity contribution in [2.75, 3.05) is 0 Å². The summed E-state index contributed by atoms with van der Waals surface area (Å²) < 4.78 is 0. The van der Waals surface area contributed by atoms with Gasteiger partial charge in [-0.2, -0.15) is 0 Å². The third-order valence-corrected chi connectivity index (χ3v) is 7.01. The molecule has 1 aromatic rings. The zero-order valence-corrected chi connectivity index (χ0v) is 16.8. The van der Waals surface area contributed by atoms with Crippen molar-refractivity contribution in [3.63, 3.8) is 0 Å². The van der Waals surface area contributed by atoms with E-state index in [-0.39, 0.29) is 23.7 Å². The number of aryl methyl sites for hydroxylation is 2. The average molecular weight is 396 g/mol. The maximum Gasteiger partial charge on any atom is 0.177 e. The molecule has 4 rings (SSSR count). The molecule has 3 aliphatic rings. The first-order chi connectivity index (χ1) is 13.7. The van der Waals surface area contributed by atoms with Crippen molar-refractivity contribution < 1.29 is 29.1 Å². The summed E-state index contributed by atoms with van der Waals surface area (Å²) in [5.41, 5.74) is 2.55. The fraction of sp³-hybridized carbons (Fsp3) is 0.522. The number of ketones is 5. The molecule has 0 aromatic heterocycles. The highest BCUT2D eigenvalue weighted by molar-refractivity contribution is 6.27. The first-order valence-corrected chi connectivity index (χ1v) is 10.2. The Kier molecular flexibility index (Phi) is 4.56. The normalized spacial score (nSPS) is 31.2. The van der Waals surface area contributed by atoms with E-state index in [1.165, 1.54) is 6.92 Å². The zero-order valence-electron chi connectivity index (χ0n) is 16.8. The molecule has 1 N–H and O–H groups in total. The third-order valence-electron chi connectivity index (χ3n) is 7.01. The van der Waals surface area contributed by atoms with E-state index in [2.05, 4.69) is 0 Å². The quantitative estimate of drug-likeness (QED) is 0.768. The van der Waals surface area contributed by atoms with Crippen LogP contribution in [0.4, 0.5) is 0 Å².